The van der Waals surface area contributed by atoms with Crippen LogP contribution in [0.3, 0.4) is 0 Å². The Morgan fingerprint density at radius 2 is 1.28 bits per heavy atom. The molecule has 0 amide bonds. The highest BCUT2D eigenvalue weighted by Crippen LogP contribution is 2.28. The molecule has 0 aliphatic carbocycles. The van der Waals surface area contributed by atoms with Gasteiger partial charge in [-0.2, -0.15) is 0 Å². The van der Waals surface area contributed by atoms with Crippen LogP contribution in [0.25, 0.3) is 0 Å². The molecular weight excluding hydrogens is 379 g/mol. The molecule has 0 atom stereocenters. The topological polar surface area (TPSA) is 49.4 Å². The maximum Gasteiger partial charge on any atom is 0.259 e. The third kappa shape index (κ3) is 4.14. The fourth-order valence-corrected chi connectivity index (χ4v) is 4.08. The molecule has 128 valence electrons. The third-order valence-electron chi connectivity index (χ3n) is 3.42. The summed E-state index contributed by atoms with van der Waals surface area (Å²) in [5, 5.41) is 1.86. The Labute approximate surface area is 156 Å². The van der Waals surface area contributed by atoms with E-state index in [1.165, 1.54) is 23.2 Å². The Hall–Kier alpha value is -2.05. The molecule has 0 aliphatic rings. The smallest absolute Gasteiger partial charge is 0.259 e. The summed E-state index contributed by atoms with van der Waals surface area (Å²) in [6.45, 7) is 0. The highest BCUT2D eigenvalue weighted by Gasteiger charge is 2.23. The lowest BCUT2D eigenvalue weighted by Crippen LogP contribution is -2.39. The van der Waals surface area contributed by atoms with E-state index in [0.717, 1.165) is 0 Å². The van der Waals surface area contributed by atoms with Gasteiger partial charge in [0.2, 0.25) is 0 Å². The van der Waals surface area contributed by atoms with Crippen LogP contribution in [0.15, 0.2) is 83.8 Å². The minimum atomic E-state index is -3.95. The van der Waals surface area contributed by atoms with Crippen molar-refractivity contribution >= 4 is 44.6 Å². The number of rotatable bonds is 5. The Kier molecular flexibility index (Phi) is 5.30. The molecule has 3 aromatic carbocycles. The van der Waals surface area contributed by atoms with Crippen molar-refractivity contribution in [3.8, 4) is 0 Å². The lowest BCUT2D eigenvalue weighted by molar-refractivity contribution is 0.582. The molecule has 3 rings (SSSR count). The van der Waals surface area contributed by atoms with Crippen LogP contribution in [0.4, 0.5) is 11.4 Å². The summed E-state index contributed by atoms with van der Waals surface area (Å²) in [7, 11) is -3.95. The second kappa shape index (κ2) is 7.45. The van der Waals surface area contributed by atoms with Crippen LogP contribution in [-0.4, -0.2) is 8.42 Å². The molecule has 25 heavy (non-hydrogen) atoms. The lowest BCUT2D eigenvalue weighted by Gasteiger charge is -2.25. The normalized spacial score (nSPS) is 11.3. The van der Waals surface area contributed by atoms with Crippen LogP contribution >= 0.6 is 23.2 Å². The van der Waals surface area contributed by atoms with Crippen LogP contribution in [0, 0.1) is 0 Å². The van der Waals surface area contributed by atoms with E-state index in [-0.39, 0.29) is 14.9 Å². The Morgan fingerprint density at radius 3 is 1.80 bits per heavy atom. The van der Waals surface area contributed by atoms with E-state index in [4.69, 9.17) is 23.2 Å². The van der Waals surface area contributed by atoms with Crippen molar-refractivity contribution in [1.29, 1.82) is 0 Å². The van der Waals surface area contributed by atoms with Gasteiger partial charge in [-0.3, -0.25) is 5.01 Å². The first-order valence-corrected chi connectivity index (χ1v) is 9.59. The lowest BCUT2D eigenvalue weighted by atomic mass is 10.2. The van der Waals surface area contributed by atoms with Crippen molar-refractivity contribution in [2.45, 2.75) is 4.90 Å². The van der Waals surface area contributed by atoms with Gasteiger partial charge < -0.3 is 0 Å². The molecule has 0 saturated heterocycles. The number of nitrogens with one attached hydrogen (secondary N) is 1. The van der Waals surface area contributed by atoms with Gasteiger partial charge in [0.25, 0.3) is 10.0 Å². The van der Waals surface area contributed by atoms with Crippen molar-refractivity contribution in [3.63, 3.8) is 0 Å². The molecule has 0 bridgehead atoms. The quantitative estimate of drug-likeness (QED) is 0.619. The highest BCUT2D eigenvalue weighted by molar-refractivity contribution is 7.89. The van der Waals surface area contributed by atoms with Crippen molar-refractivity contribution < 1.29 is 8.42 Å². The number of anilines is 2. The van der Waals surface area contributed by atoms with Crippen LogP contribution in [0.2, 0.25) is 10.0 Å². The Balaban J connectivity index is 2.05. The minimum absolute atomic E-state index is 0.0847. The zero-order valence-electron chi connectivity index (χ0n) is 12.9. The molecule has 0 unspecified atom stereocenters. The molecular formula is C18H14Cl2N2O2S. The second-order valence-electron chi connectivity index (χ2n) is 5.18. The van der Waals surface area contributed by atoms with Crippen molar-refractivity contribution in [3.05, 3.63) is 88.9 Å². The third-order valence-corrected chi connectivity index (χ3v) is 5.44. The standard InChI is InChI=1S/C18H14Cl2N2O2S/c19-14-11-12-17(20)18(13-14)25(23,24)21-22(15-7-3-1-4-8-15)16-9-5-2-6-10-16/h1-13,21H. The first-order chi connectivity index (χ1) is 12.0. The molecule has 0 heterocycles. The minimum Gasteiger partial charge on any atom is -0.263 e. The summed E-state index contributed by atoms with van der Waals surface area (Å²) in [6, 6.07) is 22.5. The number of hydrogen-bond donors (Lipinski definition) is 1. The van der Waals surface area contributed by atoms with Gasteiger partial charge >= 0.3 is 0 Å². The fourth-order valence-electron chi connectivity index (χ4n) is 2.26. The first kappa shape index (κ1) is 17.8. The molecule has 1 N–H and O–H groups in total. The largest absolute Gasteiger partial charge is 0.263 e. The number of benzene rings is 3. The van der Waals surface area contributed by atoms with Crippen molar-refractivity contribution in [1.82, 2.24) is 4.83 Å². The molecule has 3 aromatic rings. The SMILES string of the molecule is O=S(=O)(NN(c1ccccc1)c1ccccc1)c1cc(Cl)ccc1Cl. The number of hydrogen-bond acceptors (Lipinski definition) is 3. The average Bonchev–Trinajstić information content (AvgIpc) is 2.63. The van der Waals surface area contributed by atoms with Crippen LogP contribution < -0.4 is 9.84 Å². The van der Waals surface area contributed by atoms with E-state index < -0.39 is 10.0 Å². The number of halogens is 2. The van der Waals surface area contributed by atoms with E-state index in [9.17, 15) is 8.42 Å². The number of hydrazine groups is 1. The summed E-state index contributed by atoms with van der Waals surface area (Å²) in [6.07, 6.45) is 0. The predicted molar refractivity (Wildman–Crippen MR) is 102 cm³/mol. The second-order valence-corrected chi connectivity index (χ2v) is 7.65. The summed E-state index contributed by atoms with van der Waals surface area (Å²) in [5.74, 6) is 0. The van der Waals surface area contributed by atoms with Crippen molar-refractivity contribution in [2.24, 2.45) is 0 Å². The molecule has 0 spiro atoms. The zero-order valence-corrected chi connectivity index (χ0v) is 15.3. The van der Waals surface area contributed by atoms with Gasteiger partial charge in [-0.25, -0.2) is 8.42 Å². The van der Waals surface area contributed by atoms with E-state index >= 15 is 0 Å². The Bertz CT molecular complexity index is 925. The van der Waals surface area contributed by atoms with Gasteiger partial charge in [-0.1, -0.05) is 59.6 Å². The van der Waals surface area contributed by atoms with E-state index in [2.05, 4.69) is 4.83 Å². The van der Waals surface area contributed by atoms with Gasteiger partial charge in [-0.05, 0) is 42.5 Å². The summed E-state index contributed by atoms with van der Waals surface area (Å²) < 4.78 is 25.7. The van der Waals surface area contributed by atoms with E-state index in [0.29, 0.717) is 11.4 Å². The summed E-state index contributed by atoms with van der Waals surface area (Å²) in [4.78, 5) is 2.49. The molecule has 0 saturated carbocycles. The average molecular weight is 393 g/mol. The molecule has 0 fully saturated rings. The van der Waals surface area contributed by atoms with Crippen LogP contribution in [-0.2, 0) is 10.0 Å². The number of sulfonamides is 1. The fraction of sp³-hybridized carbons (Fsp3) is 0. The molecule has 0 radical (unpaired) electrons. The van der Waals surface area contributed by atoms with Crippen molar-refractivity contribution in [2.75, 3.05) is 5.01 Å². The first-order valence-electron chi connectivity index (χ1n) is 7.35. The zero-order chi connectivity index (χ0) is 17.9. The highest BCUT2D eigenvalue weighted by atomic mass is 35.5. The maximum atomic E-state index is 12.9. The Morgan fingerprint density at radius 1 is 0.760 bits per heavy atom. The summed E-state index contributed by atoms with van der Waals surface area (Å²) in [5.41, 5.74) is 1.32. The van der Waals surface area contributed by atoms with Gasteiger partial charge in [0.1, 0.15) is 4.90 Å². The number of nitrogens with zero attached hydrogens (tertiary/aromatic N) is 1. The van der Waals surface area contributed by atoms with Gasteiger partial charge in [0.15, 0.2) is 0 Å². The molecule has 0 aliphatic heterocycles. The predicted octanol–water partition coefficient (Wildman–Crippen LogP) is 5.03. The summed E-state index contributed by atoms with van der Waals surface area (Å²) >= 11 is 12.0. The molecule has 4 nitrogen and oxygen atoms in total. The number of para-hydroxylation sites is 2. The van der Waals surface area contributed by atoms with Gasteiger partial charge in [-0.15, -0.1) is 4.83 Å². The molecule has 7 heteroatoms. The van der Waals surface area contributed by atoms with Crippen LogP contribution in [0.5, 0.6) is 0 Å². The van der Waals surface area contributed by atoms with Crippen LogP contribution in [0.1, 0.15) is 0 Å². The van der Waals surface area contributed by atoms with Gasteiger partial charge in [0.05, 0.1) is 16.4 Å². The monoisotopic (exact) mass is 392 g/mol. The maximum absolute atomic E-state index is 12.9. The van der Waals surface area contributed by atoms with Gasteiger partial charge in [0, 0.05) is 5.02 Å². The molecule has 0 aromatic heterocycles. The van der Waals surface area contributed by atoms with E-state index in [1.807, 2.05) is 36.4 Å². The van der Waals surface area contributed by atoms with E-state index in [1.54, 1.807) is 24.3 Å².